The van der Waals surface area contributed by atoms with Gasteiger partial charge in [-0.25, -0.2) is 5.43 Å². The monoisotopic (exact) mass is 341 g/mol. The molecular weight excluding hydrogens is 314 g/mol. The van der Waals surface area contributed by atoms with E-state index in [0.29, 0.717) is 5.92 Å². The van der Waals surface area contributed by atoms with Gasteiger partial charge in [-0.2, -0.15) is 0 Å². The molecule has 0 radical (unpaired) electrons. The molecule has 0 spiro atoms. The highest BCUT2D eigenvalue weighted by molar-refractivity contribution is 5.96. The van der Waals surface area contributed by atoms with Crippen LogP contribution in [0.3, 0.4) is 0 Å². The van der Waals surface area contributed by atoms with Gasteiger partial charge in [0.1, 0.15) is 12.5 Å². The number of carbonyl (C=O) groups excluding carboxylic acids is 1. The Morgan fingerprint density at radius 2 is 1.88 bits per heavy atom. The van der Waals surface area contributed by atoms with Gasteiger partial charge < -0.3 is 5.32 Å². The summed E-state index contributed by atoms with van der Waals surface area (Å²) >= 11 is 0. The first kappa shape index (κ1) is 16.6. The Bertz CT molecular complexity index is 720. The van der Waals surface area contributed by atoms with Crippen LogP contribution in [0.25, 0.3) is 0 Å². The van der Waals surface area contributed by atoms with Crippen molar-refractivity contribution >= 4 is 11.6 Å². The maximum Gasteiger partial charge on any atom is 0.254 e. The van der Waals surface area contributed by atoms with Gasteiger partial charge in [-0.3, -0.25) is 20.0 Å². The fourth-order valence-electron chi connectivity index (χ4n) is 4.27. The predicted molar refractivity (Wildman–Crippen MR) is 98.6 cm³/mol. The van der Waals surface area contributed by atoms with E-state index in [4.69, 9.17) is 0 Å². The average Bonchev–Trinajstić information content (AvgIpc) is 3.12. The molecule has 2 saturated heterocycles. The Morgan fingerprint density at radius 1 is 1.16 bits per heavy atom. The van der Waals surface area contributed by atoms with Gasteiger partial charge in [0.25, 0.3) is 5.91 Å². The van der Waals surface area contributed by atoms with Gasteiger partial charge in [0.2, 0.25) is 0 Å². The highest BCUT2D eigenvalue weighted by atomic mass is 16.2. The summed E-state index contributed by atoms with van der Waals surface area (Å²) < 4.78 is 0. The average molecular weight is 341 g/mol. The molecule has 1 aromatic carbocycles. The molecule has 3 aliphatic rings. The molecule has 1 aromatic rings. The minimum Gasteiger partial charge on any atom is -0.324 e. The number of nitrogens with one attached hydrogen (secondary N) is 3. The van der Waals surface area contributed by atoms with E-state index in [1.807, 2.05) is 11.2 Å². The molecule has 3 atom stereocenters. The third-order valence-corrected chi connectivity index (χ3v) is 5.40. The lowest BCUT2D eigenvalue weighted by Gasteiger charge is -2.36. The van der Waals surface area contributed by atoms with E-state index in [2.05, 4.69) is 60.8 Å². The first-order chi connectivity index (χ1) is 11.9. The number of rotatable bonds is 2. The van der Waals surface area contributed by atoms with Gasteiger partial charge in [-0.1, -0.05) is 24.6 Å². The van der Waals surface area contributed by atoms with Crippen molar-refractivity contribution < 1.29 is 4.79 Å². The van der Waals surface area contributed by atoms with Crippen LogP contribution in [0.5, 0.6) is 0 Å². The van der Waals surface area contributed by atoms with E-state index >= 15 is 0 Å². The smallest absolute Gasteiger partial charge is 0.254 e. The van der Waals surface area contributed by atoms with Gasteiger partial charge >= 0.3 is 0 Å². The highest BCUT2D eigenvalue weighted by Crippen LogP contribution is 2.30. The second-order valence-corrected chi connectivity index (χ2v) is 7.70. The van der Waals surface area contributed by atoms with Crippen molar-refractivity contribution in [1.82, 2.24) is 21.0 Å². The quantitative estimate of drug-likeness (QED) is 0.761. The van der Waals surface area contributed by atoms with Crippen LogP contribution in [0.1, 0.15) is 30.0 Å². The van der Waals surface area contributed by atoms with Gasteiger partial charge in [0, 0.05) is 19.3 Å². The summed E-state index contributed by atoms with van der Waals surface area (Å²) in [5.41, 5.74) is 8.96. The number of nitrogens with zero attached hydrogens (tertiary/aromatic N) is 2. The normalized spacial score (nSPS) is 29.6. The Labute approximate surface area is 149 Å². The number of hydrogen-bond acceptors (Lipinski definition) is 5. The predicted octanol–water partition coefficient (Wildman–Crippen LogP) is 1.49. The minimum absolute atomic E-state index is 0.00530. The van der Waals surface area contributed by atoms with Crippen molar-refractivity contribution in [2.75, 3.05) is 18.1 Å². The third kappa shape index (κ3) is 2.94. The molecule has 25 heavy (non-hydrogen) atoms. The summed E-state index contributed by atoms with van der Waals surface area (Å²) in [7, 11) is 0. The second kappa shape index (κ2) is 6.12. The summed E-state index contributed by atoms with van der Waals surface area (Å²) in [6, 6.07) is 4.35. The van der Waals surface area contributed by atoms with Gasteiger partial charge in [0.15, 0.2) is 0 Å². The van der Waals surface area contributed by atoms with E-state index < -0.39 is 0 Å². The summed E-state index contributed by atoms with van der Waals surface area (Å²) in [4.78, 5) is 14.9. The van der Waals surface area contributed by atoms with E-state index in [0.717, 1.165) is 24.4 Å². The number of fused-ring (bicyclic) bond motifs is 1. The molecular formula is C19H27N5O. The molecule has 6 heteroatoms. The van der Waals surface area contributed by atoms with E-state index in [-0.39, 0.29) is 18.4 Å². The standard InChI is InChI=1S/C19H27N5O/c1-11-5-6-23(9-11)19-20-17-15(18(25)21-19)10-24(22-17)16-13(3)7-12(2)8-14(16)4/h7-8,10-11,17,19-20,22H,5-6,9H2,1-4H3,(H,21,25). The zero-order chi connectivity index (χ0) is 17.7. The maximum absolute atomic E-state index is 12.6. The molecule has 3 aliphatic heterocycles. The van der Waals surface area contributed by atoms with Crippen LogP contribution in [0.4, 0.5) is 5.69 Å². The van der Waals surface area contributed by atoms with E-state index in [9.17, 15) is 4.79 Å². The lowest BCUT2D eigenvalue weighted by Crippen LogP contribution is -2.66. The number of likely N-dealkylation sites (tertiary alicyclic amines) is 1. The molecule has 0 aromatic heterocycles. The molecule has 4 rings (SSSR count). The molecule has 3 unspecified atom stereocenters. The Hall–Kier alpha value is -1.89. The zero-order valence-electron chi connectivity index (χ0n) is 15.4. The molecule has 3 heterocycles. The summed E-state index contributed by atoms with van der Waals surface area (Å²) in [6.07, 6.45) is 2.84. The summed E-state index contributed by atoms with van der Waals surface area (Å²) in [5.74, 6) is 0.687. The highest BCUT2D eigenvalue weighted by Gasteiger charge is 2.39. The van der Waals surface area contributed by atoms with Crippen molar-refractivity contribution in [2.24, 2.45) is 5.92 Å². The number of anilines is 1. The molecule has 2 fully saturated rings. The van der Waals surface area contributed by atoms with Crippen LogP contribution >= 0.6 is 0 Å². The molecule has 0 aliphatic carbocycles. The number of hydrogen-bond donors (Lipinski definition) is 3. The SMILES string of the molecule is Cc1cc(C)c(N2C=C3C(=O)NC(N4CCC(C)C4)NC3N2)c(C)c1. The number of amides is 1. The largest absolute Gasteiger partial charge is 0.324 e. The molecule has 3 N–H and O–H groups in total. The molecule has 0 bridgehead atoms. The number of aryl methyl sites for hydroxylation is 3. The Morgan fingerprint density at radius 3 is 2.52 bits per heavy atom. The van der Waals surface area contributed by atoms with Crippen molar-refractivity contribution in [3.05, 3.63) is 40.6 Å². The molecule has 0 saturated carbocycles. The topological polar surface area (TPSA) is 59.6 Å². The second-order valence-electron chi connectivity index (χ2n) is 7.70. The first-order valence-corrected chi connectivity index (χ1v) is 9.08. The van der Waals surface area contributed by atoms with Gasteiger partial charge in [-0.05, 0) is 44.2 Å². The zero-order valence-corrected chi connectivity index (χ0v) is 15.4. The fourth-order valence-corrected chi connectivity index (χ4v) is 4.27. The molecule has 1 amide bonds. The summed E-state index contributed by atoms with van der Waals surface area (Å²) in [6.45, 7) is 10.6. The van der Waals surface area contributed by atoms with Crippen molar-refractivity contribution in [1.29, 1.82) is 0 Å². The van der Waals surface area contributed by atoms with E-state index in [1.165, 1.54) is 23.1 Å². The van der Waals surface area contributed by atoms with Crippen LogP contribution < -0.4 is 21.1 Å². The van der Waals surface area contributed by atoms with Gasteiger partial charge in [-0.15, -0.1) is 0 Å². The number of carbonyl (C=O) groups is 1. The van der Waals surface area contributed by atoms with E-state index in [1.54, 1.807) is 0 Å². The van der Waals surface area contributed by atoms with Crippen LogP contribution in [-0.4, -0.2) is 36.4 Å². The van der Waals surface area contributed by atoms with Crippen molar-refractivity contribution in [3.8, 4) is 0 Å². The number of benzene rings is 1. The van der Waals surface area contributed by atoms with Crippen molar-refractivity contribution in [2.45, 2.75) is 46.6 Å². The van der Waals surface area contributed by atoms with Gasteiger partial charge in [0.05, 0.1) is 11.3 Å². The van der Waals surface area contributed by atoms with Crippen molar-refractivity contribution in [3.63, 3.8) is 0 Å². The van der Waals surface area contributed by atoms with Crippen LogP contribution in [0.2, 0.25) is 0 Å². The Kier molecular flexibility index (Phi) is 4.06. The maximum atomic E-state index is 12.6. The lowest BCUT2D eigenvalue weighted by molar-refractivity contribution is -0.122. The van der Waals surface area contributed by atoms with Crippen LogP contribution in [0, 0.1) is 26.7 Å². The summed E-state index contributed by atoms with van der Waals surface area (Å²) in [5, 5.41) is 8.62. The lowest BCUT2D eigenvalue weighted by atomic mass is 10.0. The minimum atomic E-state index is -0.158. The molecule has 6 nitrogen and oxygen atoms in total. The third-order valence-electron chi connectivity index (χ3n) is 5.40. The number of hydrazine groups is 1. The Balaban J connectivity index is 1.56. The van der Waals surface area contributed by atoms with Crippen LogP contribution in [0.15, 0.2) is 23.9 Å². The first-order valence-electron chi connectivity index (χ1n) is 9.08. The fraction of sp³-hybridized carbons (Fsp3) is 0.526. The molecule has 134 valence electrons. The van der Waals surface area contributed by atoms with Crippen LogP contribution in [-0.2, 0) is 4.79 Å².